The molecule has 24 heavy (non-hydrogen) atoms. The Balaban J connectivity index is 2.05. The van der Waals surface area contributed by atoms with Gasteiger partial charge in [-0.05, 0) is 30.7 Å². The molecule has 2 aromatic carbocycles. The lowest BCUT2D eigenvalue weighted by atomic mass is 10.1. The monoisotopic (exact) mass is 327 g/mol. The van der Waals surface area contributed by atoms with Gasteiger partial charge in [0, 0.05) is 18.7 Å². The molecular formula is C17H17N3O4. The third-order valence-corrected chi connectivity index (χ3v) is 3.41. The first-order valence-electron chi connectivity index (χ1n) is 7.27. The summed E-state index contributed by atoms with van der Waals surface area (Å²) in [5, 5.41) is 16.3. The quantitative estimate of drug-likeness (QED) is 0.651. The van der Waals surface area contributed by atoms with Crippen LogP contribution in [0, 0.1) is 17.0 Å². The summed E-state index contributed by atoms with van der Waals surface area (Å²) in [4.78, 5) is 33.5. The molecule has 0 fully saturated rings. The number of nitrogens with zero attached hydrogens (tertiary/aromatic N) is 1. The molecule has 0 bridgehead atoms. The van der Waals surface area contributed by atoms with Crippen LogP contribution in [0.2, 0.25) is 0 Å². The Morgan fingerprint density at radius 1 is 1.08 bits per heavy atom. The molecule has 7 heteroatoms. The molecule has 0 aliphatic rings. The average Bonchev–Trinajstić information content (AvgIpc) is 2.50. The fourth-order valence-corrected chi connectivity index (χ4v) is 2.25. The van der Waals surface area contributed by atoms with Gasteiger partial charge in [0.1, 0.15) is 0 Å². The molecule has 124 valence electrons. The van der Waals surface area contributed by atoms with Gasteiger partial charge in [0.05, 0.1) is 22.6 Å². The van der Waals surface area contributed by atoms with Crippen LogP contribution in [0.1, 0.15) is 18.1 Å². The number of nitro benzene ring substituents is 1. The number of nitro groups is 1. The van der Waals surface area contributed by atoms with E-state index in [1.54, 1.807) is 37.3 Å². The predicted octanol–water partition coefficient (Wildman–Crippen LogP) is 3.04. The highest BCUT2D eigenvalue weighted by molar-refractivity contribution is 5.93. The van der Waals surface area contributed by atoms with E-state index < -0.39 is 4.92 Å². The van der Waals surface area contributed by atoms with Gasteiger partial charge < -0.3 is 10.6 Å². The van der Waals surface area contributed by atoms with Gasteiger partial charge in [-0.1, -0.05) is 18.2 Å². The van der Waals surface area contributed by atoms with E-state index in [0.717, 1.165) is 5.56 Å². The molecule has 0 unspecified atom stereocenters. The maximum Gasteiger partial charge on any atom is 0.274 e. The number of rotatable bonds is 5. The molecule has 0 saturated carbocycles. The largest absolute Gasteiger partial charge is 0.326 e. The van der Waals surface area contributed by atoms with Gasteiger partial charge in [-0.3, -0.25) is 19.7 Å². The van der Waals surface area contributed by atoms with Crippen LogP contribution in [0.25, 0.3) is 0 Å². The maximum absolute atomic E-state index is 12.1. The van der Waals surface area contributed by atoms with Gasteiger partial charge in [-0.2, -0.15) is 0 Å². The first-order valence-corrected chi connectivity index (χ1v) is 7.27. The Bertz CT molecular complexity index is 785. The number of hydrogen-bond acceptors (Lipinski definition) is 4. The van der Waals surface area contributed by atoms with E-state index in [0.29, 0.717) is 16.9 Å². The normalized spacial score (nSPS) is 10.1. The summed E-state index contributed by atoms with van der Waals surface area (Å²) in [6, 6.07) is 11.5. The zero-order valence-corrected chi connectivity index (χ0v) is 13.3. The van der Waals surface area contributed by atoms with Crippen molar-refractivity contribution in [1.29, 1.82) is 0 Å². The molecule has 2 aromatic rings. The Morgan fingerprint density at radius 3 is 2.33 bits per heavy atom. The maximum atomic E-state index is 12.1. The Kier molecular flexibility index (Phi) is 5.26. The highest BCUT2D eigenvalue weighted by Crippen LogP contribution is 2.25. The van der Waals surface area contributed by atoms with Gasteiger partial charge >= 0.3 is 0 Å². The van der Waals surface area contributed by atoms with Gasteiger partial charge in [-0.25, -0.2) is 0 Å². The fraction of sp³-hybridized carbons (Fsp3) is 0.176. The Labute approximate surface area is 138 Å². The zero-order chi connectivity index (χ0) is 17.7. The SMILES string of the molecule is CC(=O)Nc1ccc(CC(=O)Nc2cccc([N+](=O)[O-])c2C)cc1. The molecule has 0 aromatic heterocycles. The van der Waals surface area contributed by atoms with Crippen LogP contribution in [-0.2, 0) is 16.0 Å². The third kappa shape index (κ3) is 4.39. The fourth-order valence-electron chi connectivity index (χ4n) is 2.25. The van der Waals surface area contributed by atoms with Crippen molar-refractivity contribution in [3.8, 4) is 0 Å². The standard InChI is InChI=1S/C17H17N3O4/c1-11-15(4-3-5-16(11)20(23)24)19-17(22)10-13-6-8-14(9-7-13)18-12(2)21/h3-9H,10H2,1-2H3,(H,18,21)(H,19,22). The molecule has 0 spiro atoms. The van der Waals surface area contributed by atoms with Crippen molar-refractivity contribution in [2.24, 2.45) is 0 Å². The van der Waals surface area contributed by atoms with Crippen LogP contribution >= 0.6 is 0 Å². The molecule has 0 saturated heterocycles. The number of nitrogens with one attached hydrogen (secondary N) is 2. The number of anilines is 2. The number of amides is 2. The van der Waals surface area contributed by atoms with Gasteiger partial charge in [0.15, 0.2) is 0 Å². The number of carbonyl (C=O) groups excluding carboxylic acids is 2. The first kappa shape index (κ1) is 17.1. The summed E-state index contributed by atoms with van der Waals surface area (Å²) < 4.78 is 0. The second-order valence-corrected chi connectivity index (χ2v) is 5.31. The summed E-state index contributed by atoms with van der Waals surface area (Å²) in [6.45, 7) is 3.01. The lowest BCUT2D eigenvalue weighted by Gasteiger charge is -2.09. The van der Waals surface area contributed by atoms with Crippen LogP contribution in [0.3, 0.4) is 0 Å². The molecular weight excluding hydrogens is 310 g/mol. The lowest BCUT2D eigenvalue weighted by molar-refractivity contribution is -0.385. The van der Waals surface area contributed by atoms with Crippen molar-refractivity contribution < 1.29 is 14.5 Å². The lowest BCUT2D eigenvalue weighted by Crippen LogP contribution is -2.15. The van der Waals surface area contributed by atoms with Gasteiger partial charge in [0.2, 0.25) is 11.8 Å². The van der Waals surface area contributed by atoms with E-state index in [9.17, 15) is 19.7 Å². The second kappa shape index (κ2) is 7.36. The van der Waals surface area contributed by atoms with E-state index in [4.69, 9.17) is 0 Å². The highest BCUT2D eigenvalue weighted by Gasteiger charge is 2.14. The van der Waals surface area contributed by atoms with E-state index in [1.165, 1.54) is 19.1 Å². The van der Waals surface area contributed by atoms with E-state index >= 15 is 0 Å². The van der Waals surface area contributed by atoms with Crippen molar-refractivity contribution in [3.05, 3.63) is 63.7 Å². The molecule has 0 aliphatic carbocycles. The van der Waals surface area contributed by atoms with Crippen molar-refractivity contribution in [3.63, 3.8) is 0 Å². The molecule has 2 rings (SSSR count). The first-order chi connectivity index (χ1) is 11.4. The summed E-state index contributed by atoms with van der Waals surface area (Å²) in [6.07, 6.45) is 0.127. The van der Waals surface area contributed by atoms with Crippen LogP contribution < -0.4 is 10.6 Å². The van der Waals surface area contributed by atoms with Crippen molar-refractivity contribution >= 4 is 28.9 Å². The molecule has 0 atom stereocenters. The van der Waals surface area contributed by atoms with Crippen molar-refractivity contribution in [2.75, 3.05) is 10.6 Å². The van der Waals surface area contributed by atoms with E-state index in [1.807, 2.05) is 0 Å². The minimum Gasteiger partial charge on any atom is -0.326 e. The van der Waals surface area contributed by atoms with Crippen LogP contribution in [0.5, 0.6) is 0 Å². The van der Waals surface area contributed by atoms with Crippen LogP contribution in [-0.4, -0.2) is 16.7 Å². The van der Waals surface area contributed by atoms with Gasteiger partial charge in [-0.15, -0.1) is 0 Å². The average molecular weight is 327 g/mol. The number of hydrogen-bond donors (Lipinski definition) is 2. The molecule has 7 nitrogen and oxygen atoms in total. The summed E-state index contributed by atoms with van der Waals surface area (Å²) in [5.41, 5.74) is 2.22. The third-order valence-electron chi connectivity index (χ3n) is 3.41. The molecule has 2 amide bonds. The number of carbonyl (C=O) groups is 2. The molecule has 0 radical (unpaired) electrons. The summed E-state index contributed by atoms with van der Waals surface area (Å²) in [7, 11) is 0. The van der Waals surface area contributed by atoms with Crippen molar-refractivity contribution in [2.45, 2.75) is 20.3 Å². The van der Waals surface area contributed by atoms with Crippen LogP contribution in [0.15, 0.2) is 42.5 Å². The minimum absolute atomic E-state index is 0.0348. The number of benzene rings is 2. The second-order valence-electron chi connectivity index (χ2n) is 5.31. The predicted molar refractivity (Wildman–Crippen MR) is 90.9 cm³/mol. The molecule has 0 aliphatic heterocycles. The molecule has 0 heterocycles. The topological polar surface area (TPSA) is 101 Å². The minimum atomic E-state index is -0.480. The highest BCUT2D eigenvalue weighted by atomic mass is 16.6. The summed E-state index contributed by atoms with van der Waals surface area (Å²) >= 11 is 0. The molecule has 2 N–H and O–H groups in total. The Hall–Kier alpha value is -3.22. The Morgan fingerprint density at radius 2 is 1.75 bits per heavy atom. The van der Waals surface area contributed by atoms with E-state index in [2.05, 4.69) is 10.6 Å². The van der Waals surface area contributed by atoms with E-state index in [-0.39, 0.29) is 23.9 Å². The van der Waals surface area contributed by atoms with Gasteiger partial charge in [0.25, 0.3) is 5.69 Å². The zero-order valence-electron chi connectivity index (χ0n) is 13.3. The van der Waals surface area contributed by atoms with Crippen molar-refractivity contribution in [1.82, 2.24) is 0 Å². The van der Waals surface area contributed by atoms with Crippen LogP contribution in [0.4, 0.5) is 17.1 Å². The summed E-state index contributed by atoms with van der Waals surface area (Å²) in [5.74, 6) is -0.437. The smallest absolute Gasteiger partial charge is 0.274 e.